The fraction of sp³-hybridized carbons (Fsp3) is 0.111. The second-order valence-electron chi connectivity index (χ2n) is 2.51. The van der Waals surface area contributed by atoms with E-state index in [1.165, 1.54) is 13.1 Å². The lowest BCUT2D eigenvalue weighted by Gasteiger charge is -1.94. The molecule has 1 radical (unpaired) electrons. The molecule has 0 N–H and O–H groups in total. The standard InChI is InChI=1S/C9H8N3O/c1-7(13)9-4-2-8(3-5-9)6-11-12-10/h2-6H,1H3. The van der Waals surface area contributed by atoms with Gasteiger partial charge in [0.25, 0.3) is 0 Å². The minimum absolute atomic E-state index is 0.0235. The highest BCUT2D eigenvalue weighted by molar-refractivity contribution is 5.94. The maximum atomic E-state index is 10.9. The molecule has 65 valence electrons. The van der Waals surface area contributed by atoms with Crippen LogP contribution in [-0.4, -0.2) is 12.0 Å². The maximum absolute atomic E-state index is 10.9. The topological polar surface area (TPSA) is 64.1 Å². The molecule has 0 amide bonds. The van der Waals surface area contributed by atoms with Crippen molar-refractivity contribution in [2.45, 2.75) is 6.92 Å². The van der Waals surface area contributed by atoms with Crippen LogP contribution in [0.15, 0.2) is 34.6 Å². The van der Waals surface area contributed by atoms with Gasteiger partial charge in [0.05, 0.1) is 6.21 Å². The van der Waals surface area contributed by atoms with E-state index in [-0.39, 0.29) is 5.78 Å². The lowest BCUT2D eigenvalue weighted by molar-refractivity contribution is 0.101. The van der Waals surface area contributed by atoms with Crippen molar-refractivity contribution >= 4 is 12.0 Å². The lowest BCUT2D eigenvalue weighted by atomic mass is 10.1. The Bertz CT molecular complexity index is 340. The van der Waals surface area contributed by atoms with Crippen LogP contribution in [0.2, 0.25) is 0 Å². The van der Waals surface area contributed by atoms with Gasteiger partial charge in [0.2, 0.25) is 0 Å². The normalized spacial score (nSPS) is 10.2. The van der Waals surface area contributed by atoms with Gasteiger partial charge in [0.15, 0.2) is 5.78 Å². The van der Waals surface area contributed by atoms with Crippen LogP contribution in [0.25, 0.3) is 0 Å². The summed E-state index contributed by atoms with van der Waals surface area (Å²) in [7, 11) is 0. The predicted octanol–water partition coefficient (Wildman–Crippen LogP) is 1.48. The summed E-state index contributed by atoms with van der Waals surface area (Å²) in [6, 6.07) is 6.85. The van der Waals surface area contributed by atoms with Crippen LogP contribution in [0.1, 0.15) is 22.8 Å². The van der Waals surface area contributed by atoms with E-state index in [2.05, 4.69) is 10.3 Å². The Balaban J connectivity index is 2.87. The Hall–Kier alpha value is -1.84. The van der Waals surface area contributed by atoms with Crippen molar-refractivity contribution in [3.8, 4) is 0 Å². The summed E-state index contributed by atoms with van der Waals surface area (Å²) in [4.78, 5) is 10.9. The first kappa shape index (κ1) is 9.25. The Kier molecular flexibility index (Phi) is 3.03. The minimum atomic E-state index is 0.0235. The zero-order valence-electron chi connectivity index (χ0n) is 7.14. The fourth-order valence-corrected chi connectivity index (χ4v) is 0.896. The average Bonchev–Trinajstić information content (AvgIpc) is 2.15. The van der Waals surface area contributed by atoms with Gasteiger partial charge in [-0.15, -0.1) is 5.10 Å². The van der Waals surface area contributed by atoms with Gasteiger partial charge in [-0.3, -0.25) is 4.79 Å². The number of carbonyl (C=O) groups is 1. The highest BCUT2D eigenvalue weighted by Gasteiger charge is 1.96. The van der Waals surface area contributed by atoms with Crippen molar-refractivity contribution in [2.75, 3.05) is 0 Å². The molecule has 0 heterocycles. The molecule has 0 unspecified atom stereocenters. The van der Waals surface area contributed by atoms with Crippen molar-refractivity contribution in [3.63, 3.8) is 0 Å². The molecule has 0 atom stereocenters. The summed E-state index contributed by atoms with van der Waals surface area (Å²) in [6.45, 7) is 1.51. The summed E-state index contributed by atoms with van der Waals surface area (Å²) in [6.07, 6.45) is 1.39. The van der Waals surface area contributed by atoms with Gasteiger partial charge in [0.1, 0.15) is 0 Å². The van der Waals surface area contributed by atoms with E-state index in [9.17, 15) is 4.79 Å². The van der Waals surface area contributed by atoms with Gasteiger partial charge < -0.3 is 0 Å². The molecule has 0 aliphatic heterocycles. The molecule has 4 heteroatoms. The van der Waals surface area contributed by atoms with Gasteiger partial charge in [-0.25, -0.2) is 0 Å². The largest absolute Gasteiger partial charge is 0.295 e. The predicted molar refractivity (Wildman–Crippen MR) is 48.6 cm³/mol. The van der Waals surface area contributed by atoms with E-state index in [4.69, 9.17) is 5.53 Å². The third-order valence-electron chi connectivity index (χ3n) is 1.58. The van der Waals surface area contributed by atoms with Gasteiger partial charge >= 0.3 is 0 Å². The van der Waals surface area contributed by atoms with Crippen molar-refractivity contribution in [3.05, 3.63) is 35.4 Å². The number of hydrogen-bond donors (Lipinski definition) is 0. The Labute approximate surface area is 75.8 Å². The van der Waals surface area contributed by atoms with Crippen LogP contribution in [-0.2, 0) is 0 Å². The third-order valence-corrected chi connectivity index (χ3v) is 1.58. The molecule has 0 aliphatic rings. The molecule has 0 fully saturated rings. The average molecular weight is 174 g/mol. The highest BCUT2D eigenvalue weighted by atomic mass is 16.1. The van der Waals surface area contributed by atoms with Crippen LogP contribution in [0, 0.1) is 0 Å². The SMILES string of the molecule is CC(=O)c1ccc(C=NN=[N])cc1. The first-order valence-corrected chi connectivity index (χ1v) is 3.72. The molecule has 0 bridgehead atoms. The molecule has 0 saturated carbocycles. The van der Waals surface area contributed by atoms with E-state index in [1.807, 2.05) is 0 Å². The Morgan fingerprint density at radius 2 is 2.00 bits per heavy atom. The molecule has 4 nitrogen and oxygen atoms in total. The van der Waals surface area contributed by atoms with E-state index >= 15 is 0 Å². The Morgan fingerprint density at radius 3 is 2.46 bits per heavy atom. The minimum Gasteiger partial charge on any atom is -0.295 e. The first-order valence-electron chi connectivity index (χ1n) is 3.72. The third kappa shape index (κ3) is 2.59. The number of carbonyl (C=O) groups excluding carboxylic acids is 1. The fourth-order valence-electron chi connectivity index (χ4n) is 0.896. The molecule has 0 spiro atoms. The molecule has 13 heavy (non-hydrogen) atoms. The summed E-state index contributed by atoms with van der Waals surface area (Å²) in [5, 5.41) is 5.88. The Morgan fingerprint density at radius 1 is 1.38 bits per heavy atom. The van der Waals surface area contributed by atoms with E-state index in [0.29, 0.717) is 5.56 Å². The van der Waals surface area contributed by atoms with Crippen LogP contribution in [0.4, 0.5) is 0 Å². The van der Waals surface area contributed by atoms with Crippen molar-refractivity contribution in [1.29, 1.82) is 0 Å². The smallest absolute Gasteiger partial charge is 0.159 e. The molecular weight excluding hydrogens is 166 g/mol. The molecule has 1 rings (SSSR count). The van der Waals surface area contributed by atoms with Crippen molar-refractivity contribution in [2.24, 2.45) is 10.3 Å². The van der Waals surface area contributed by atoms with Crippen molar-refractivity contribution in [1.82, 2.24) is 5.53 Å². The zero-order valence-corrected chi connectivity index (χ0v) is 7.14. The zero-order chi connectivity index (χ0) is 9.68. The maximum Gasteiger partial charge on any atom is 0.159 e. The summed E-state index contributed by atoms with van der Waals surface area (Å²) >= 11 is 0. The molecular formula is C9H8N3O. The van der Waals surface area contributed by atoms with Crippen LogP contribution in [0.3, 0.4) is 0 Å². The first-order chi connectivity index (χ1) is 6.24. The van der Waals surface area contributed by atoms with E-state index in [0.717, 1.165) is 5.56 Å². The monoisotopic (exact) mass is 174 g/mol. The number of rotatable bonds is 3. The number of Topliss-reactive ketones (excluding diaryl/α,β-unsaturated/α-hetero) is 1. The van der Waals surface area contributed by atoms with Crippen molar-refractivity contribution < 1.29 is 4.79 Å². The summed E-state index contributed by atoms with van der Waals surface area (Å²) in [5.74, 6) is 0.0235. The molecule has 1 aromatic rings. The summed E-state index contributed by atoms with van der Waals surface area (Å²) < 4.78 is 0. The number of hydrogen-bond acceptors (Lipinski definition) is 2. The van der Waals surface area contributed by atoms with Gasteiger partial charge in [-0.1, -0.05) is 24.3 Å². The highest BCUT2D eigenvalue weighted by Crippen LogP contribution is 2.02. The molecule has 0 saturated heterocycles. The quantitative estimate of drug-likeness (QED) is 0.296. The van der Waals surface area contributed by atoms with Crippen LogP contribution < -0.4 is 5.53 Å². The van der Waals surface area contributed by atoms with E-state index in [1.54, 1.807) is 24.3 Å². The van der Waals surface area contributed by atoms with Crippen LogP contribution >= 0.6 is 0 Å². The second kappa shape index (κ2) is 4.25. The van der Waals surface area contributed by atoms with Gasteiger partial charge in [-0.05, 0) is 23.2 Å². The number of benzene rings is 1. The number of ketones is 1. The molecule has 0 aromatic heterocycles. The number of nitrogens with zero attached hydrogens (tertiary/aromatic N) is 3. The van der Waals surface area contributed by atoms with Gasteiger partial charge in [0, 0.05) is 5.56 Å². The molecule has 0 aliphatic carbocycles. The van der Waals surface area contributed by atoms with E-state index < -0.39 is 0 Å². The van der Waals surface area contributed by atoms with Crippen LogP contribution in [0.5, 0.6) is 0 Å². The van der Waals surface area contributed by atoms with Gasteiger partial charge in [-0.2, -0.15) is 0 Å². The molecule has 1 aromatic carbocycles. The summed E-state index contributed by atoms with van der Waals surface area (Å²) in [5.41, 5.74) is 9.47. The second-order valence-corrected chi connectivity index (χ2v) is 2.51. The lowest BCUT2D eigenvalue weighted by Crippen LogP contribution is -1.91.